The van der Waals surface area contributed by atoms with Crippen LogP contribution in [-0.2, 0) is 11.2 Å². The number of fused-ring (bicyclic) bond motifs is 1. The van der Waals surface area contributed by atoms with Gasteiger partial charge in [0.15, 0.2) is 5.96 Å². The van der Waals surface area contributed by atoms with Crippen molar-refractivity contribution >= 4 is 16.9 Å². The van der Waals surface area contributed by atoms with Gasteiger partial charge in [-0.25, -0.2) is 4.39 Å². The molecule has 2 saturated heterocycles. The van der Waals surface area contributed by atoms with E-state index in [-0.39, 0.29) is 11.4 Å². The first-order valence-corrected chi connectivity index (χ1v) is 11.3. The first-order valence-electron chi connectivity index (χ1n) is 11.3. The van der Waals surface area contributed by atoms with Crippen molar-refractivity contribution < 1.29 is 9.13 Å². The van der Waals surface area contributed by atoms with Gasteiger partial charge in [0.1, 0.15) is 5.82 Å². The number of guanidine groups is 1. The predicted molar refractivity (Wildman–Crippen MR) is 120 cm³/mol. The van der Waals surface area contributed by atoms with E-state index in [0.717, 1.165) is 74.5 Å². The molecule has 0 bridgehead atoms. The molecule has 30 heavy (non-hydrogen) atoms. The second-order valence-corrected chi connectivity index (χ2v) is 8.41. The molecule has 1 aromatic heterocycles. The lowest BCUT2D eigenvalue weighted by atomic mass is 9.88. The number of aliphatic imine (C=N–C) groups is 1. The molecule has 2 fully saturated rings. The Kier molecular flexibility index (Phi) is 6.89. The number of rotatable bonds is 7. The number of aromatic nitrogens is 1. The normalized spacial score (nSPS) is 20.0. The smallest absolute Gasteiger partial charge is 0.191 e. The predicted octanol–water partition coefficient (Wildman–Crippen LogP) is 3.05. The van der Waals surface area contributed by atoms with Crippen LogP contribution in [0.25, 0.3) is 10.9 Å². The second kappa shape index (κ2) is 9.79. The minimum absolute atomic E-state index is 0.130. The summed E-state index contributed by atoms with van der Waals surface area (Å²) in [5, 5.41) is 7.80. The van der Waals surface area contributed by atoms with Crippen LogP contribution < -0.4 is 10.6 Å². The van der Waals surface area contributed by atoms with Crippen molar-refractivity contribution in [2.45, 2.75) is 44.6 Å². The zero-order valence-corrected chi connectivity index (χ0v) is 18.0. The van der Waals surface area contributed by atoms with Gasteiger partial charge in [0, 0.05) is 48.9 Å². The number of H-pyrrole nitrogens is 1. The van der Waals surface area contributed by atoms with Crippen molar-refractivity contribution in [1.29, 1.82) is 0 Å². The number of aromatic amines is 1. The highest BCUT2D eigenvalue weighted by molar-refractivity contribution is 5.83. The fourth-order valence-corrected chi connectivity index (χ4v) is 4.76. The summed E-state index contributed by atoms with van der Waals surface area (Å²) in [6, 6.07) is 4.88. The van der Waals surface area contributed by atoms with Crippen LogP contribution in [0.1, 0.15) is 38.2 Å². The number of halogens is 1. The van der Waals surface area contributed by atoms with Crippen LogP contribution in [0.15, 0.2) is 29.4 Å². The van der Waals surface area contributed by atoms with E-state index in [0.29, 0.717) is 0 Å². The lowest BCUT2D eigenvalue weighted by Crippen LogP contribution is -2.54. The molecule has 7 heteroatoms. The molecule has 1 aromatic carbocycles. The van der Waals surface area contributed by atoms with Crippen molar-refractivity contribution in [3.63, 3.8) is 0 Å². The largest absolute Gasteiger partial charge is 0.381 e. The van der Waals surface area contributed by atoms with Gasteiger partial charge >= 0.3 is 0 Å². The SMILES string of the molecule is CCNC(=NCC1(N2CCCC2)CCOCC1)NCCc1c[nH]c2ccc(F)cc12. The van der Waals surface area contributed by atoms with E-state index in [2.05, 4.69) is 27.4 Å². The minimum atomic E-state index is -0.199. The van der Waals surface area contributed by atoms with Gasteiger partial charge in [0.2, 0.25) is 0 Å². The standard InChI is InChI=1S/C23H34FN5O/c1-2-25-22(26-10-7-18-16-27-21-6-5-19(24)15-20(18)21)28-17-23(8-13-30-14-9-23)29-11-3-4-12-29/h5-6,15-16,27H,2-4,7-14,17H2,1H3,(H2,25,26,28). The minimum Gasteiger partial charge on any atom is -0.381 e. The molecule has 0 unspecified atom stereocenters. The zero-order valence-electron chi connectivity index (χ0n) is 18.0. The van der Waals surface area contributed by atoms with Crippen LogP contribution >= 0.6 is 0 Å². The van der Waals surface area contributed by atoms with E-state index >= 15 is 0 Å². The average molecular weight is 416 g/mol. The van der Waals surface area contributed by atoms with Gasteiger partial charge in [0.05, 0.1) is 6.54 Å². The average Bonchev–Trinajstić information content (AvgIpc) is 3.43. The van der Waals surface area contributed by atoms with Gasteiger partial charge < -0.3 is 20.4 Å². The fraction of sp³-hybridized carbons (Fsp3) is 0.609. The molecule has 3 heterocycles. The Morgan fingerprint density at radius 2 is 2.03 bits per heavy atom. The molecule has 0 amide bonds. The first-order chi connectivity index (χ1) is 14.7. The van der Waals surface area contributed by atoms with Gasteiger partial charge in [-0.15, -0.1) is 0 Å². The molecule has 2 aromatic rings. The van der Waals surface area contributed by atoms with Crippen LogP contribution in [0.5, 0.6) is 0 Å². The maximum atomic E-state index is 13.6. The summed E-state index contributed by atoms with van der Waals surface area (Å²) in [4.78, 5) is 10.8. The van der Waals surface area contributed by atoms with Gasteiger partial charge in [0.25, 0.3) is 0 Å². The second-order valence-electron chi connectivity index (χ2n) is 8.41. The van der Waals surface area contributed by atoms with E-state index < -0.39 is 0 Å². The lowest BCUT2D eigenvalue weighted by Gasteiger charge is -2.43. The first kappa shape index (κ1) is 21.1. The van der Waals surface area contributed by atoms with Crippen molar-refractivity contribution in [1.82, 2.24) is 20.5 Å². The molecule has 3 N–H and O–H groups in total. The summed E-state index contributed by atoms with van der Waals surface area (Å²) in [5.74, 6) is 0.656. The van der Waals surface area contributed by atoms with Crippen molar-refractivity contribution in [2.75, 3.05) is 45.9 Å². The van der Waals surface area contributed by atoms with Crippen LogP contribution in [0.4, 0.5) is 4.39 Å². The Labute approximate surface area is 178 Å². The van der Waals surface area contributed by atoms with E-state index in [1.165, 1.54) is 32.0 Å². The highest BCUT2D eigenvalue weighted by atomic mass is 19.1. The maximum Gasteiger partial charge on any atom is 0.191 e. The summed E-state index contributed by atoms with van der Waals surface area (Å²) < 4.78 is 19.3. The van der Waals surface area contributed by atoms with Crippen LogP contribution in [0.2, 0.25) is 0 Å². The summed E-state index contributed by atoms with van der Waals surface area (Å²) in [6.07, 6.45) is 7.46. The maximum absolute atomic E-state index is 13.6. The monoisotopic (exact) mass is 415 g/mol. The van der Waals surface area contributed by atoms with Crippen LogP contribution in [-0.4, -0.2) is 67.3 Å². The topological polar surface area (TPSA) is 64.7 Å². The van der Waals surface area contributed by atoms with E-state index in [4.69, 9.17) is 9.73 Å². The third-order valence-electron chi connectivity index (χ3n) is 6.49. The summed E-state index contributed by atoms with van der Waals surface area (Å²) in [5.41, 5.74) is 2.22. The van der Waals surface area contributed by atoms with Crippen molar-refractivity contribution in [2.24, 2.45) is 4.99 Å². The number of hydrogen-bond donors (Lipinski definition) is 3. The number of likely N-dealkylation sites (tertiary alicyclic amines) is 1. The molecule has 6 nitrogen and oxygen atoms in total. The quantitative estimate of drug-likeness (QED) is 0.480. The highest BCUT2D eigenvalue weighted by Crippen LogP contribution is 2.31. The molecule has 0 atom stereocenters. The van der Waals surface area contributed by atoms with Crippen molar-refractivity contribution in [3.05, 3.63) is 35.8 Å². The molecule has 164 valence electrons. The van der Waals surface area contributed by atoms with Gasteiger partial charge in [-0.3, -0.25) is 9.89 Å². The molecular formula is C23H34FN5O. The number of hydrogen-bond acceptors (Lipinski definition) is 3. The van der Waals surface area contributed by atoms with E-state index in [9.17, 15) is 4.39 Å². The van der Waals surface area contributed by atoms with E-state index in [1.807, 2.05) is 6.20 Å². The summed E-state index contributed by atoms with van der Waals surface area (Å²) >= 11 is 0. The Bertz CT molecular complexity index is 852. The van der Waals surface area contributed by atoms with Crippen LogP contribution in [0.3, 0.4) is 0 Å². The van der Waals surface area contributed by atoms with Crippen molar-refractivity contribution in [3.8, 4) is 0 Å². The Morgan fingerprint density at radius 1 is 1.23 bits per heavy atom. The molecule has 2 aliphatic rings. The van der Waals surface area contributed by atoms with Crippen LogP contribution in [0, 0.1) is 5.82 Å². The molecule has 0 aliphatic carbocycles. The zero-order chi connectivity index (χ0) is 20.8. The Morgan fingerprint density at radius 3 is 2.80 bits per heavy atom. The summed E-state index contributed by atoms with van der Waals surface area (Å²) in [6.45, 7) is 8.46. The molecule has 0 saturated carbocycles. The molecule has 4 rings (SSSR count). The number of nitrogens with zero attached hydrogens (tertiary/aromatic N) is 2. The fourth-order valence-electron chi connectivity index (χ4n) is 4.76. The molecular weight excluding hydrogens is 381 g/mol. The van der Waals surface area contributed by atoms with Gasteiger partial charge in [-0.1, -0.05) is 0 Å². The number of nitrogens with one attached hydrogen (secondary N) is 3. The highest BCUT2D eigenvalue weighted by Gasteiger charge is 2.39. The number of benzene rings is 1. The Hall–Kier alpha value is -2.12. The van der Waals surface area contributed by atoms with E-state index in [1.54, 1.807) is 12.1 Å². The lowest BCUT2D eigenvalue weighted by molar-refractivity contribution is -0.0139. The number of ether oxygens (including phenoxy) is 1. The molecule has 0 spiro atoms. The Balaban J connectivity index is 1.39. The molecule has 2 aliphatic heterocycles. The van der Waals surface area contributed by atoms with Gasteiger partial charge in [-0.2, -0.15) is 0 Å². The third-order valence-corrected chi connectivity index (χ3v) is 6.49. The summed E-state index contributed by atoms with van der Waals surface area (Å²) in [7, 11) is 0. The third kappa shape index (κ3) is 4.78. The van der Waals surface area contributed by atoms with Gasteiger partial charge in [-0.05, 0) is 75.9 Å². The molecule has 0 radical (unpaired) electrons.